The lowest BCUT2D eigenvalue weighted by Gasteiger charge is -2.05. The molecule has 2 N–H and O–H groups in total. The van der Waals surface area contributed by atoms with Gasteiger partial charge in [-0.05, 0) is 37.1 Å². The van der Waals surface area contributed by atoms with Crippen LogP contribution in [0.25, 0.3) is 0 Å². The van der Waals surface area contributed by atoms with E-state index in [9.17, 15) is 4.79 Å². The summed E-state index contributed by atoms with van der Waals surface area (Å²) in [6.07, 6.45) is 1.94. The first-order valence-corrected chi connectivity index (χ1v) is 5.25. The van der Waals surface area contributed by atoms with E-state index < -0.39 is 0 Å². The van der Waals surface area contributed by atoms with Crippen LogP contribution in [-0.4, -0.2) is 26.2 Å². The minimum absolute atomic E-state index is 0.0569. The third-order valence-electron chi connectivity index (χ3n) is 2.18. The summed E-state index contributed by atoms with van der Waals surface area (Å²) in [4.78, 5) is 10.8. The Morgan fingerprint density at radius 1 is 1.31 bits per heavy atom. The van der Waals surface area contributed by atoms with Crippen molar-refractivity contribution >= 4 is 5.97 Å². The van der Waals surface area contributed by atoms with Gasteiger partial charge in [-0.3, -0.25) is 0 Å². The molecule has 0 aromatic heterocycles. The predicted molar refractivity (Wildman–Crippen MR) is 61.3 cm³/mol. The fourth-order valence-corrected chi connectivity index (χ4v) is 1.26. The third kappa shape index (κ3) is 4.31. The van der Waals surface area contributed by atoms with Crippen molar-refractivity contribution in [3.63, 3.8) is 0 Å². The Balaban J connectivity index is 2.41. The van der Waals surface area contributed by atoms with E-state index in [1.807, 2.05) is 24.3 Å². The fraction of sp³-hybridized carbons (Fsp3) is 0.417. The molecule has 0 bridgehead atoms. The average Bonchev–Trinajstić information content (AvgIpc) is 2.34. The summed E-state index contributed by atoms with van der Waals surface area (Å²) >= 11 is 0. The molecule has 0 fully saturated rings. The van der Waals surface area contributed by atoms with E-state index in [4.69, 9.17) is 10.5 Å². The SMILES string of the molecule is COC(=O)COc1ccc(CCCN)cc1. The smallest absolute Gasteiger partial charge is 0.343 e. The van der Waals surface area contributed by atoms with Crippen molar-refractivity contribution in [1.82, 2.24) is 0 Å². The number of hydrogen-bond acceptors (Lipinski definition) is 4. The van der Waals surface area contributed by atoms with Gasteiger partial charge >= 0.3 is 5.97 Å². The summed E-state index contributed by atoms with van der Waals surface area (Å²) in [5.74, 6) is 0.286. The first-order valence-electron chi connectivity index (χ1n) is 5.25. The molecular formula is C12H17NO3. The zero-order valence-corrected chi connectivity index (χ0v) is 9.44. The van der Waals surface area contributed by atoms with Crippen LogP contribution in [0.15, 0.2) is 24.3 Å². The van der Waals surface area contributed by atoms with Crippen LogP contribution < -0.4 is 10.5 Å². The molecule has 4 heteroatoms. The van der Waals surface area contributed by atoms with Crippen LogP contribution in [0.4, 0.5) is 0 Å². The molecule has 0 amide bonds. The Hall–Kier alpha value is -1.55. The molecule has 0 unspecified atom stereocenters. The lowest BCUT2D eigenvalue weighted by molar-refractivity contribution is -0.142. The van der Waals surface area contributed by atoms with E-state index in [2.05, 4.69) is 4.74 Å². The van der Waals surface area contributed by atoms with E-state index in [0.717, 1.165) is 12.8 Å². The first kappa shape index (κ1) is 12.5. The molecule has 0 aliphatic rings. The summed E-state index contributed by atoms with van der Waals surface area (Å²) in [6, 6.07) is 7.63. The molecule has 0 saturated carbocycles. The van der Waals surface area contributed by atoms with E-state index in [1.165, 1.54) is 12.7 Å². The maximum Gasteiger partial charge on any atom is 0.343 e. The number of carbonyl (C=O) groups excluding carboxylic acids is 1. The molecule has 0 atom stereocenters. The van der Waals surface area contributed by atoms with Gasteiger partial charge in [0.25, 0.3) is 0 Å². The molecule has 16 heavy (non-hydrogen) atoms. The summed E-state index contributed by atoms with van der Waals surface area (Å²) < 4.78 is 9.69. The number of ether oxygens (including phenoxy) is 2. The molecule has 1 aromatic carbocycles. The van der Waals surface area contributed by atoms with Crippen molar-refractivity contribution in [2.45, 2.75) is 12.8 Å². The highest BCUT2D eigenvalue weighted by atomic mass is 16.6. The second kappa shape index (κ2) is 6.85. The molecule has 0 spiro atoms. The Kier molecular flexibility index (Phi) is 5.36. The minimum atomic E-state index is -0.382. The van der Waals surface area contributed by atoms with Gasteiger partial charge in [0, 0.05) is 0 Å². The van der Waals surface area contributed by atoms with Crippen LogP contribution >= 0.6 is 0 Å². The maximum absolute atomic E-state index is 10.8. The highest BCUT2D eigenvalue weighted by Crippen LogP contribution is 2.13. The van der Waals surface area contributed by atoms with Crippen molar-refractivity contribution < 1.29 is 14.3 Å². The van der Waals surface area contributed by atoms with Crippen LogP contribution in [0, 0.1) is 0 Å². The average molecular weight is 223 g/mol. The number of aryl methyl sites for hydroxylation is 1. The molecule has 4 nitrogen and oxygen atoms in total. The number of nitrogens with two attached hydrogens (primary N) is 1. The zero-order chi connectivity index (χ0) is 11.8. The Labute approximate surface area is 95.3 Å². The lowest BCUT2D eigenvalue weighted by Crippen LogP contribution is -2.12. The van der Waals surface area contributed by atoms with E-state index in [1.54, 1.807) is 0 Å². The van der Waals surface area contributed by atoms with Gasteiger partial charge < -0.3 is 15.2 Å². The van der Waals surface area contributed by atoms with Crippen LogP contribution in [0.3, 0.4) is 0 Å². The van der Waals surface area contributed by atoms with Gasteiger partial charge in [0.1, 0.15) is 5.75 Å². The fourth-order valence-electron chi connectivity index (χ4n) is 1.26. The molecule has 0 aliphatic carbocycles. The topological polar surface area (TPSA) is 61.5 Å². The zero-order valence-electron chi connectivity index (χ0n) is 9.44. The molecule has 1 aromatic rings. The monoisotopic (exact) mass is 223 g/mol. The number of benzene rings is 1. The van der Waals surface area contributed by atoms with Gasteiger partial charge in [-0.25, -0.2) is 4.79 Å². The third-order valence-corrected chi connectivity index (χ3v) is 2.18. The molecule has 88 valence electrons. The number of methoxy groups -OCH3 is 1. The Morgan fingerprint density at radius 2 is 2.00 bits per heavy atom. The number of esters is 1. The molecule has 0 radical (unpaired) electrons. The van der Waals surface area contributed by atoms with Crippen molar-refractivity contribution in [2.24, 2.45) is 5.73 Å². The van der Waals surface area contributed by atoms with E-state index >= 15 is 0 Å². The second-order valence-corrected chi connectivity index (χ2v) is 3.40. The van der Waals surface area contributed by atoms with Crippen LogP contribution in [0.1, 0.15) is 12.0 Å². The summed E-state index contributed by atoms with van der Waals surface area (Å²) in [5.41, 5.74) is 6.64. The molecule has 0 aliphatic heterocycles. The molecule has 0 heterocycles. The Morgan fingerprint density at radius 3 is 2.56 bits per heavy atom. The number of carbonyl (C=O) groups is 1. The second-order valence-electron chi connectivity index (χ2n) is 3.40. The Bertz CT molecular complexity index is 322. The molecule has 0 saturated heterocycles. The quantitative estimate of drug-likeness (QED) is 0.734. The van der Waals surface area contributed by atoms with Gasteiger partial charge in [0.2, 0.25) is 0 Å². The van der Waals surface area contributed by atoms with Crippen molar-refractivity contribution in [3.8, 4) is 5.75 Å². The standard InChI is InChI=1S/C12H17NO3/c1-15-12(14)9-16-11-6-4-10(5-7-11)3-2-8-13/h4-7H,2-3,8-9,13H2,1H3. The van der Waals surface area contributed by atoms with E-state index in [0.29, 0.717) is 12.3 Å². The minimum Gasteiger partial charge on any atom is -0.482 e. The number of rotatable bonds is 6. The summed E-state index contributed by atoms with van der Waals surface area (Å²) in [5, 5.41) is 0. The van der Waals surface area contributed by atoms with Crippen LogP contribution in [0.2, 0.25) is 0 Å². The van der Waals surface area contributed by atoms with Crippen molar-refractivity contribution in [1.29, 1.82) is 0 Å². The lowest BCUT2D eigenvalue weighted by atomic mass is 10.1. The normalized spacial score (nSPS) is 9.88. The highest BCUT2D eigenvalue weighted by molar-refractivity contribution is 5.70. The van der Waals surface area contributed by atoms with Gasteiger partial charge in [-0.15, -0.1) is 0 Å². The van der Waals surface area contributed by atoms with Gasteiger partial charge in [0.15, 0.2) is 6.61 Å². The molecular weight excluding hydrogens is 206 g/mol. The molecule has 1 rings (SSSR count). The van der Waals surface area contributed by atoms with E-state index in [-0.39, 0.29) is 12.6 Å². The number of hydrogen-bond donors (Lipinski definition) is 1. The summed E-state index contributed by atoms with van der Waals surface area (Å²) in [7, 11) is 1.33. The summed E-state index contributed by atoms with van der Waals surface area (Å²) in [6.45, 7) is 0.638. The van der Waals surface area contributed by atoms with Crippen molar-refractivity contribution in [2.75, 3.05) is 20.3 Å². The van der Waals surface area contributed by atoms with Crippen molar-refractivity contribution in [3.05, 3.63) is 29.8 Å². The maximum atomic E-state index is 10.8. The van der Waals surface area contributed by atoms with Gasteiger partial charge in [0.05, 0.1) is 7.11 Å². The first-order chi connectivity index (χ1) is 7.76. The largest absolute Gasteiger partial charge is 0.482 e. The van der Waals surface area contributed by atoms with Crippen LogP contribution in [-0.2, 0) is 16.0 Å². The van der Waals surface area contributed by atoms with Gasteiger partial charge in [-0.1, -0.05) is 12.1 Å². The van der Waals surface area contributed by atoms with Gasteiger partial charge in [-0.2, -0.15) is 0 Å². The highest BCUT2D eigenvalue weighted by Gasteiger charge is 2.01. The predicted octanol–water partition coefficient (Wildman–Crippen LogP) is 1.13. The van der Waals surface area contributed by atoms with Crippen LogP contribution in [0.5, 0.6) is 5.75 Å².